The van der Waals surface area contributed by atoms with Crippen molar-refractivity contribution in [3.8, 4) is 0 Å². The summed E-state index contributed by atoms with van der Waals surface area (Å²) in [5.74, 6) is 0.0494. The number of nitrogens with zero attached hydrogens (tertiary/aromatic N) is 3. The average molecular weight is 447 g/mol. The predicted molar refractivity (Wildman–Crippen MR) is 110 cm³/mol. The van der Waals surface area contributed by atoms with E-state index in [2.05, 4.69) is 36.1 Å². The highest BCUT2D eigenvalue weighted by atomic mass is 79.9. The second-order valence-electron chi connectivity index (χ2n) is 6.63. The molecule has 0 radical (unpaired) electrons. The molecule has 0 saturated carbocycles. The lowest BCUT2D eigenvalue weighted by molar-refractivity contribution is -0.120. The van der Waals surface area contributed by atoms with E-state index in [1.807, 2.05) is 6.92 Å². The Hall–Kier alpha value is -2.48. The van der Waals surface area contributed by atoms with Gasteiger partial charge in [0.2, 0.25) is 11.9 Å². The Kier molecular flexibility index (Phi) is 6.97. The fourth-order valence-corrected chi connectivity index (χ4v) is 3.46. The fourth-order valence-electron chi connectivity index (χ4n) is 3.10. The molecule has 0 spiro atoms. The fraction of sp³-hybridized carbons (Fsp3) is 0.400. The molecule has 1 amide bonds. The number of carbonyl (C=O) groups is 2. The summed E-state index contributed by atoms with van der Waals surface area (Å²) in [7, 11) is 0. The van der Waals surface area contributed by atoms with Crippen LogP contribution in [0.2, 0.25) is 0 Å². The molecular formula is C20H23BrN4O3. The lowest BCUT2D eigenvalue weighted by Crippen LogP contribution is -2.39. The van der Waals surface area contributed by atoms with Crippen LogP contribution < -0.4 is 10.2 Å². The maximum Gasteiger partial charge on any atom is 0.340 e. The van der Waals surface area contributed by atoms with E-state index in [1.54, 1.807) is 36.7 Å². The van der Waals surface area contributed by atoms with E-state index in [0.717, 1.165) is 10.9 Å². The lowest BCUT2D eigenvalue weighted by atomic mass is 9.96. The number of halogens is 1. The molecule has 1 aliphatic rings. The van der Waals surface area contributed by atoms with Crippen molar-refractivity contribution in [2.45, 2.75) is 26.2 Å². The Morgan fingerprint density at radius 3 is 2.64 bits per heavy atom. The zero-order valence-electron chi connectivity index (χ0n) is 15.7. The number of rotatable bonds is 6. The van der Waals surface area contributed by atoms with Gasteiger partial charge in [0.15, 0.2) is 0 Å². The van der Waals surface area contributed by atoms with Crippen molar-refractivity contribution in [3.05, 3.63) is 46.7 Å². The number of amides is 1. The number of esters is 1. The third-order valence-corrected chi connectivity index (χ3v) is 5.09. The lowest BCUT2D eigenvalue weighted by Gasteiger charge is -2.31. The number of hydrogen-bond acceptors (Lipinski definition) is 6. The summed E-state index contributed by atoms with van der Waals surface area (Å²) >= 11 is 3.37. The number of carbonyl (C=O) groups excluding carboxylic acids is 2. The smallest absolute Gasteiger partial charge is 0.340 e. The van der Waals surface area contributed by atoms with Crippen LogP contribution in [0.1, 0.15) is 36.5 Å². The van der Waals surface area contributed by atoms with Gasteiger partial charge in [-0.15, -0.1) is 0 Å². The Morgan fingerprint density at radius 1 is 1.25 bits per heavy atom. The molecule has 1 fully saturated rings. The summed E-state index contributed by atoms with van der Waals surface area (Å²) in [5.41, 5.74) is 0.828. The van der Waals surface area contributed by atoms with Gasteiger partial charge >= 0.3 is 5.97 Å². The maximum atomic E-state index is 12.8. The van der Waals surface area contributed by atoms with Crippen LogP contribution in [0.15, 0.2) is 41.1 Å². The second kappa shape index (κ2) is 9.64. The highest BCUT2D eigenvalue weighted by Gasteiger charge is 2.27. The van der Waals surface area contributed by atoms with Gasteiger partial charge < -0.3 is 15.0 Å². The summed E-state index contributed by atoms with van der Waals surface area (Å²) < 4.78 is 5.99. The highest BCUT2D eigenvalue weighted by Crippen LogP contribution is 2.25. The number of aromatic nitrogens is 2. The van der Waals surface area contributed by atoms with Gasteiger partial charge in [0.05, 0.1) is 17.9 Å². The normalized spacial score (nSPS) is 14.6. The predicted octanol–water partition coefficient (Wildman–Crippen LogP) is 3.66. The first-order valence-electron chi connectivity index (χ1n) is 9.38. The van der Waals surface area contributed by atoms with Crippen LogP contribution in [0.3, 0.4) is 0 Å². The van der Waals surface area contributed by atoms with E-state index >= 15 is 0 Å². The van der Waals surface area contributed by atoms with E-state index in [1.165, 1.54) is 0 Å². The van der Waals surface area contributed by atoms with Crippen LogP contribution in [0, 0.1) is 5.92 Å². The van der Waals surface area contributed by atoms with Gasteiger partial charge in [-0.25, -0.2) is 14.8 Å². The molecule has 2 aromatic rings. The first-order valence-corrected chi connectivity index (χ1v) is 10.2. The minimum absolute atomic E-state index is 0.0829. The molecule has 1 saturated heterocycles. The summed E-state index contributed by atoms with van der Waals surface area (Å²) in [4.78, 5) is 35.7. The third-order valence-electron chi connectivity index (χ3n) is 4.60. The molecule has 0 bridgehead atoms. The van der Waals surface area contributed by atoms with Gasteiger partial charge in [-0.1, -0.05) is 22.9 Å². The number of anilines is 2. The monoisotopic (exact) mass is 446 g/mol. The quantitative estimate of drug-likeness (QED) is 0.681. The van der Waals surface area contributed by atoms with Crippen molar-refractivity contribution in [3.63, 3.8) is 0 Å². The Balaban J connectivity index is 1.63. The Labute approximate surface area is 172 Å². The number of nitrogens with one attached hydrogen (secondary N) is 1. The molecule has 0 aliphatic carbocycles. The molecular weight excluding hydrogens is 424 g/mol. The average Bonchev–Trinajstić information content (AvgIpc) is 2.74. The van der Waals surface area contributed by atoms with Gasteiger partial charge in [-0.2, -0.15) is 0 Å². The van der Waals surface area contributed by atoms with Crippen LogP contribution >= 0.6 is 15.9 Å². The van der Waals surface area contributed by atoms with Crippen molar-refractivity contribution < 1.29 is 14.3 Å². The van der Waals surface area contributed by atoms with Crippen LogP contribution in [0.25, 0.3) is 0 Å². The third kappa shape index (κ3) is 5.07. The molecule has 8 heteroatoms. The topological polar surface area (TPSA) is 84.4 Å². The minimum atomic E-state index is -0.436. The molecule has 7 nitrogen and oxygen atoms in total. The standard InChI is InChI=1S/C20H23BrN4O3/c1-2-12-28-19(27)16-13-15(21)4-5-17(16)24-18(26)14-6-10-25(11-7-14)20-22-8-3-9-23-20/h3-5,8-9,13-14H,2,6-7,10-12H2,1H3,(H,24,26). The molecule has 1 aromatic heterocycles. The molecule has 1 N–H and O–H groups in total. The molecule has 148 valence electrons. The van der Waals surface area contributed by atoms with Crippen molar-refractivity contribution in [1.29, 1.82) is 0 Å². The molecule has 28 heavy (non-hydrogen) atoms. The van der Waals surface area contributed by atoms with Crippen molar-refractivity contribution in [2.24, 2.45) is 5.92 Å². The summed E-state index contributed by atoms with van der Waals surface area (Å²) in [5, 5.41) is 2.91. The van der Waals surface area contributed by atoms with Gasteiger partial charge in [0, 0.05) is 35.9 Å². The van der Waals surface area contributed by atoms with Crippen molar-refractivity contribution >= 4 is 39.4 Å². The first-order chi connectivity index (χ1) is 13.6. The SMILES string of the molecule is CCCOC(=O)c1cc(Br)ccc1NC(=O)C1CCN(c2ncccn2)CC1. The summed E-state index contributed by atoms with van der Waals surface area (Å²) in [6, 6.07) is 6.97. The minimum Gasteiger partial charge on any atom is -0.462 e. The van der Waals surface area contributed by atoms with E-state index in [4.69, 9.17) is 4.74 Å². The molecule has 0 unspecified atom stereocenters. The molecule has 1 aliphatic heterocycles. The van der Waals surface area contributed by atoms with Crippen LogP contribution in [0.4, 0.5) is 11.6 Å². The van der Waals surface area contributed by atoms with Crippen molar-refractivity contribution in [1.82, 2.24) is 9.97 Å². The number of ether oxygens (including phenoxy) is 1. The molecule has 2 heterocycles. The number of hydrogen-bond donors (Lipinski definition) is 1. The molecule has 0 atom stereocenters. The van der Waals surface area contributed by atoms with E-state index in [0.29, 0.717) is 49.7 Å². The van der Waals surface area contributed by atoms with E-state index in [-0.39, 0.29) is 11.8 Å². The summed E-state index contributed by atoms with van der Waals surface area (Å²) in [6.07, 6.45) is 5.58. The van der Waals surface area contributed by atoms with E-state index in [9.17, 15) is 9.59 Å². The number of benzene rings is 1. The second-order valence-corrected chi connectivity index (χ2v) is 7.54. The summed E-state index contributed by atoms with van der Waals surface area (Å²) in [6.45, 7) is 3.71. The first kappa shape index (κ1) is 20.3. The van der Waals surface area contributed by atoms with Crippen LogP contribution in [0.5, 0.6) is 0 Å². The Bertz CT molecular complexity index is 823. The number of piperidine rings is 1. The van der Waals surface area contributed by atoms with Gasteiger partial charge in [0.25, 0.3) is 0 Å². The zero-order valence-corrected chi connectivity index (χ0v) is 17.3. The maximum absolute atomic E-state index is 12.8. The highest BCUT2D eigenvalue weighted by molar-refractivity contribution is 9.10. The Morgan fingerprint density at radius 2 is 1.96 bits per heavy atom. The van der Waals surface area contributed by atoms with Crippen LogP contribution in [-0.2, 0) is 9.53 Å². The van der Waals surface area contributed by atoms with E-state index < -0.39 is 5.97 Å². The van der Waals surface area contributed by atoms with Crippen LogP contribution in [-0.4, -0.2) is 41.5 Å². The van der Waals surface area contributed by atoms with Gasteiger partial charge in [-0.05, 0) is 43.5 Å². The van der Waals surface area contributed by atoms with Gasteiger partial charge in [-0.3, -0.25) is 4.79 Å². The van der Waals surface area contributed by atoms with Gasteiger partial charge in [0.1, 0.15) is 0 Å². The largest absolute Gasteiger partial charge is 0.462 e. The molecule has 1 aromatic carbocycles. The van der Waals surface area contributed by atoms with Crippen molar-refractivity contribution in [2.75, 3.05) is 29.9 Å². The zero-order chi connectivity index (χ0) is 19.9. The molecule has 3 rings (SSSR count).